The molecule has 1 aromatic heterocycles. The number of nitrogens with zero attached hydrogens (tertiary/aromatic N) is 3. The molecule has 0 radical (unpaired) electrons. The summed E-state index contributed by atoms with van der Waals surface area (Å²) in [6.07, 6.45) is 1.91. The number of hydrogen-bond donors (Lipinski definition) is 0. The van der Waals surface area contributed by atoms with Crippen molar-refractivity contribution < 1.29 is 8.91 Å². The summed E-state index contributed by atoms with van der Waals surface area (Å²) in [4.78, 5) is 2.04. The Morgan fingerprint density at radius 3 is 3.05 bits per heavy atom. The van der Waals surface area contributed by atoms with E-state index in [0.29, 0.717) is 5.69 Å². The number of aryl methyl sites for hydroxylation is 1. The summed E-state index contributed by atoms with van der Waals surface area (Å²) in [7, 11) is 0. The van der Waals surface area contributed by atoms with E-state index in [0.717, 1.165) is 30.8 Å². The normalized spacial score (nSPS) is 18.2. The van der Waals surface area contributed by atoms with E-state index in [1.807, 2.05) is 24.0 Å². The lowest BCUT2D eigenvalue weighted by molar-refractivity contribution is 0.385. The quantitative estimate of drug-likeness (QED) is 0.840. The summed E-state index contributed by atoms with van der Waals surface area (Å²) in [5.74, 6) is 0.276. The van der Waals surface area contributed by atoms with Gasteiger partial charge in [0.05, 0.1) is 11.7 Å². The molecule has 2 aromatic rings. The van der Waals surface area contributed by atoms with Crippen molar-refractivity contribution in [2.45, 2.75) is 25.8 Å². The number of benzene rings is 1. The third-order valence-electron chi connectivity index (χ3n) is 3.65. The van der Waals surface area contributed by atoms with Crippen molar-refractivity contribution in [2.75, 3.05) is 11.4 Å². The highest BCUT2D eigenvalue weighted by Gasteiger charge is 2.30. The van der Waals surface area contributed by atoms with Crippen LogP contribution in [0.2, 0.25) is 0 Å². The van der Waals surface area contributed by atoms with Gasteiger partial charge in [0.1, 0.15) is 28.9 Å². The molecule has 0 spiro atoms. The first-order valence-electron chi connectivity index (χ1n) is 6.59. The third-order valence-corrected chi connectivity index (χ3v) is 3.65. The first-order chi connectivity index (χ1) is 9.70. The van der Waals surface area contributed by atoms with Crippen LogP contribution < -0.4 is 4.90 Å². The number of anilines is 1. The van der Waals surface area contributed by atoms with E-state index in [1.54, 1.807) is 12.1 Å². The molecule has 1 aliphatic heterocycles. The van der Waals surface area contributed by atoms with Crippen LogP contribution in [0.5, 0.6) is 0 Å². The van der Waals surface area contributed by atoms with Crippen molar-refractivity contribution in [3.05, 3.63) is 47.1 Å². The predicted octanol–water partition coefficient (Wildman–Crippen LogP) is 3.34. The summed E-state index contributed by atoms with van der Waals surface area (Å²) in [5, 5.41) is 13.2. The van der Waals surface area contributed by atoms with Gasteiger partial charge in [0, 0.05) is 12.6 Å². The van der Waals surface area contributed by atoms with E-state index in [4.69, 9.17) is 9.78 Å². The Labute approximate surface area is 116 Å². The topological polar surface area (TPSA) is 53.1 Å². The van der Waals surface area contributed by atoms with Gasteiger partial charge in [-0.1, -0.05) is 11.2 Å². The molecule has 102 valence electrons. The minimum Gasteiger partial charge on any atom is -0.362 e. The van der Waals surface area contributed by atoms with E-state index in [-0.39, 0.29) is 11.6 Å². The van der Waals surface area contributed by atoms with Gasteiger partial charge in [-0.3, -0.25) is 0 Å². The van der Waals surface area contributed by atoms with Crippen molar-refractivity contribution in [3.8, 4) is 6.07 Å². The average Bonchev–Trinajstić information content (AvgIpc) is 3.06. The summed E-state index contributed by atoms with van der Waals surface area (Å²) in [5.41, 5.74) is 1.57. The second-order valence-corrected chi connectivity index (χ2v) is 4.96. The molecule has 0 N–H and O–H groups in total. The molecule has 0 amide bonds. The van der Waals surface area contributed by atoms with E-state index in [2.05, 4.69) is 5.16 Å². The molecule has 0 aliphatic carbocycles. The highest BCUT2D eigenvalue weighted by Crippen LogP contribution is 2.37. The summed E-state index contributed by atoms with van der Waals surface area (Å²) in [6, 6.07) is 8.63. The van der Waals surface area contributed by atoms with E-state index >= 15 is 0 Å². The fourth-order valence-electron chi connectivity index (χ4n) is 2.77. The number of hydrogen-bond acceptors (Lipinski definition) is 4. The minimum absolute atomic E-state index is 0.0429. The number of rotatable bonds is 2. The molecule has 3 rings (SSSR count). The zero-order valence-electron chi connectivity index (χ0n) is 11.1. The Kier molecular flexibility index (Phi) is 3.15. The molecule has 0 unspecified atom stereocenters. The molecule has 1 aliphatic rings. The van der Waals surface area contributed by atoms with Crippen LogP contribution in [-0.2, 0) is 0 Å². The van der Waals surface area contributed by atoms with Crippen molar-refractivity contribution in [3.63, 3.8) is 0 Å². The fourth-order valence-corrected chi connectivity index (χ4v) is 2.77. The molecule has 5 heteroatoms. The highest BCUT2D eigenvalue weighted by atomic mass is 19.1. The number of nitriles is 1. The molecule has 0 bridgehead atoms. The SMILES string of the molecule is Cc1cc([C@H]2CCCN2c2cccc(F)c2C#N)no1. The van der Waals surface area contributed by atoms with E-state index in [1.165, 1.54) is 6.07 Å². The Morgan fingerprint density at radius 2 is 2.35 bits per heavy atom. The van der Waals surface area contributed by atoms with Crippen molar-refractivity contribution in [1.29, 1.82) is 5.26 Å². The van der Waals surface area contributed by atoms with Crippen LogP contribution in [0.15, 0.2) is 28.8 Å². The Hall–Kier alpha value is -2.35. The molecular formula is C15H14FN3O. The van der Waals surface area contributed by atoms with Gasteiger partial charge in [-0.15, -0.1) is 0 Å². The molecule has 1 aromatic carbocycles. The lowest BCUT2D eigenvalue weighted by atomic mass is 10.1. The second kappa shape index (κ2) is 4.97. The van der Waals surface area contributed by atoms with Crippen LogP contribution in [-0.4, -0.2) is 11.7 Å². The van der Waals surface area contributed by atoms with Gasteiger partial charge in [0.2, 0.25) is 0 Å². The van der Waals surface area contributed by atoms with Gasteiger partial charge in [-0.05, 0) is 31.9 Å². The number of halogens is 1. The maximum atomic E-state index is 13.8. The van der Waals surface area contributed by atoms with Crippen LogP contribution in [0.1, 0.15) is 35.9 Å². The third kappa shape index (κ3) is 2.03. The molecule has 20 heavy (non-hydrogen) atoms. The van der Waals surface area contributed by atoms with Crippen LogP contribution in [0.25, 0.3) is 0 Å². The summed E-state index contributed by atoms with van der Waals surface area (Å²) >= 11 is 0. The second-order valence-electron chi connectivity index (χ2n) is 4.96. The van der Waals surface area contributed by atoms with Crippen molar-refractivity contribution in [1.82, 2.24) is 5.16 Å². The zero-order valence-corrected chi connectivity index (χ0v) is 11.1. The molecule has 1 fully saturated rings. The van der Waals surface area contributed by atoms with E-state index in [9.17, 15) is 4.39 Å². The lowest BCUT2D eigenvalue weighted by Gasteiger charge is -2.26. The van der Waals surface area contributed by atoms with Crippen LogP contribution in [0, 0.1) is 24.1 Å². The minimum atomic E-state index is -0.480. The zero-order chi connectivity index (χ0) is 14.1. The largest absolute Gasteiger partial charge is 0.362 e. The monoisotopic (exact) mass is 271 g/mol. The van der Waals surface area contributed by atoms with Crippen LogP contribution in [0.4, 0.5) is 10.1 Å². The van der Waals surface area contributed by atoms with Gasteiger partial charge in [-0.2, -0.15) is 5.26 Å². The molecule has 0 saturated carbocycles. The van der Waals surface area contributed by atoms with Crippen LogP contribution >= 0.6 is 0 Å². The number of aromatic nitrogens is 1. The average molecular weight is 271 g/mol. The van der Waals surface area contributed by atoms with Crippen molar-refractivity contribution >= 4 is 5.69 Å². The maximum absolute atomic E-state index is 13.8. The molecular weight excluding hydrogens is 257 g/mol. The lowest BCUT2D eigenvalue weighted by Crippen LogP contribution is -2.24. The van der Waals surface area contributed by atoms with Gasteiger partial charge in [0.25, 0.3) is 0 Å². The summed E-state index contributed by atoms with van der Waals surface area (Å²) < 4.78 is 18.9. The predicted molar refractivity (Wildman–Crippen MR) is 71.7 cm³/mol. The van der Waals surface area contributed by atoms with Gasteiger partial charge in [0.15, 0.2) is 0 Å². The molecule has 4 nitrogen and oxygen atoms in total. The van der Waals surface area contributed by atoms with Crippen molar-refractivity contribution in [2.24, 2.45) is 0 Å². The molecule has 2 heterocycles. The Bertz CT molecular complexity index is 674. The smallest absolute Gasteiger partial charge is 0.143 e. The van der Waals surface area contributed by atoms with Gasteiger partial charge in [-0.25, -0.2) is 4.39 Å². The first kappa shape index (κ1) is 12.7. The first-order valence-corrected chi connectivity index (χ1v) is 6.59. The highest BCUT2D eigenvalue weighted by molar-refractivity contribution is 5.61. The Balaban J connectivity index is 2.01. The van der Waals surface area contributed by atoms with E-state index < -0.39 is 5.82 Å². The molecule has 1 atom stereocenters. The standard InChI is InChI=1S/C15H14FN3O/c1-10-8-13(18-20-10)15-6-3-7-19(15)14-5-2-4-12(16)11(14)9-17/h2,4-5,8,15H,3,6-7H2,1H3/t15-/m1/s1. The van der Waals surface area contributed by atoms with Gasteiger partial charge < -0.3 is 9.42 Å². The fraction of sp³-hybridized carbons (Fsp3) is 0.333. The van der Waals surface area contributed by atoms with Gasteiger partial charge >= 0.3 is 0 Å². The maximum Gasteiger partial charge on any atom is 0.143 e. The summed E-state index contributed by atoms with van der Waals surface area (Å²) in [6.45, 7) is 2.63. The van der Waals surface area contributed by atoms with Crippen LogP contribution in [0.3, 0.4) is 0 Å². The molecule has 1 saturated heterocycles. The Morgan fingerprint density at radius 1 is 1.50 bits per heavy atom.